The number of rotatable bonds is 37. The molecule has 4 amide bonds. The summed E-state index contributed by atoms with van der Waals surface area (Å²) < 4.78 is 10.8. The standard InChI is InChI=1S/C36H65N5O12/c1-37-28(35(48)49)14-12-13-21-38-31(43)18-17-29(36(50)51)41-33(45)20-19-32(44)40-23-25-53-27-26-52-24-22-39-30(42)15-10-8-6-4-2-3-5-7-9-11-16-34(46)47/h28-29,37H,2-27H2,1H3,(H,38,43)(H,39,42)(H,40,44)(H,41,45)(H,46,47)(H,48,49)(H,50,51)/t28-,29-/m0/s1. The van der Waals surface area contributed by atoms with Crippen molar-refractivity contribution in [3.63, 3.8) is 0 Å². The van der Waals surface area contributed by atoms with Crippen molar-refractivity contribution in [2.24, 2.45) is 0 Å². The Bertz CT molecular complexity index is 1060. The first-order chi connectivity index (χ1) is 25.5. The van der Waals surface area contributed by atoms with Gasteiger partial charge in [0.2, 0.25) is 23.6 Å². The Balaban J connectivity index is 3.72. The predicted octanol–water partition coefficient (Wildman–Crippen LogP) is 2.11. The third-order valence-corrected chi connectivity index (χ3v) is 8.31. The van der Waals surface area contributed by atoms with Crippen molar-refractivity contribution in [2.45, 2.75) is 134 Å². The molecular weight excluding hydrogens is 694 g/mol. The monoisotopic (exact) mass is 759 g/mol. The zero-order valence-electron chi connectivity index (χ0n) is 31.6. The summed E-state index contributed by atoms with van der Waals surface area (Å²) in [6.07, 6.45) is 12.1. The van der Waals surface area contributed by atoms with Crippen molar-refractivity contribution in [3.05, 3.63) is 0 Å². The van der Waals surface area contributed by atoms with Crippen molar-refractivity contribution >= 4 is 41.5 Å². The number of amides is 4. The van der Waals surface area contributed by atoms with E-state index in [9.17, 15) is 38.7 Å². The maximum absolute atomic E-state index is 12.2. The van der Waals surface area contributed by atoms with Gasteiger partial charge in [-0.05, 0) is 45.6 Å². The number of carboxylic acids is 3. The Hall–Kier alpha value is -3.83. The molecule has 8 N–H and O–H groups in total. The molecule has 0 fully saturated rings. The van der Waals surface area contributed by atoms with Gasteiger partial charge in [-0.15, -0.1) is 0 Å². The number of carbonyl (C=O) groups is 7. The molecule has 0 spiro atoms. The van der Waals surface area contributed by atoms with E-state index in [1.807, 2.05) is 0 Å². The van der Waals surface area contributed by atoms with E-state index in [2.05, 4.69) is 26.6 Å². The van der Waals surface area contributed by atoms with Crippen LogP contribution in [0.3, 0.4) is 0 Å². The summed E-state index contributed by atoms with van der Waals surface area (Å²) in [5.74, 6) is -4.37. The van der Waals surface area contributed by atoms with E-state index in [1.165, 1.54) is 12.8 Å². The Morgan fingerprint density at radius 3 is 1.42 bits per heavy atom. The number of aliphatic carboxylic acids is 3. The molecule has 0 unspecified atom stereocenters. The first-order valence-electron chi connectivity index (χ1n) is 19.1. The molecule has 0 aliphatic rings. The van der Waals surface area contributed by atoms with Gasteiger partial charge in [0.05, 0.1) is 26.4 Å². The second kappa shape index (κ2) is 34.0. The second-order valence-electron chi connectivity index (χ2n) is 12.9. The van der Waals surface area contributed by atoms with Gasteiger partial charge >= 0.3 is 17.9 Å². The summed E-state index contributed by atoms with van der Waals surface area (Å²) in [6, 6.07) is -1.94. The number of likely N-dealkylation sites (N-methyl/N-ethyl adjacent to an activating group) is 1. The molecule has 0 heterocycles. The van der Waals surface area contributed by atoms with Gasteiger partial charge in [0, 0.05) is 51.7 Å². The lowest BCUT2D eigenvalue weighted by Crippen LogP contribution is -2.42. The lowest BCUT2D eigenvalue weighted by Gasteiger charge is -2.15. The topological polar surface area (TPSA) is 259 Å². The summed E-state index contributed by atoms with van der Waals surface area (Å²) in [5, 5.41) is 40.2. The molecule has 53 heavy (non-hydrogen) atoms. The maximum atomic E-state index is 12.2. The second-order valence-corrected chi connectivity index (χ2v) is 12.9. The Labute approximate surface area is 313 Å². The third kappa shape index (κ3) is 32.5. The first-order valence-corrected chi connectivity index (χ1v) is 19.1. The van der Waals surface area contributed by atoms with Gasteiger partial charge in [0.25, 0.3) is 0 Å². The minimum Gasteiger partial charge on any atom is -0.481 e. The molecule has 0 bridgehead atoms. The van der Waals surface area contributed by atoms with Crippen LogP contribution in [-0.2, 0) is 43.0 Å². The molecule has 17 heteroatoms. The normalized spacial score (nSPS) is 12.0. The van der Waals surface area contributed by atoms with Crippen molar-refractivity contribution in [3.8, 4) is 0 Å². The molecule has 306 valence electrons. The minimum atomic E-state index is -1.29. The van der Waals surface area contributed by atoms with Crippen LogP contribution >= 0.6 is 0 Å². The van der Waals surface area contributed by atoms with Gasteiger partial charge in [-0.2, -0.15) is 0 Å². The van der Waals surface area contributed by atoms with Crippen molar-refractivity contribution in [1.82, 2.24) is 26.6 Å². The van der Waals surface area contributed by atoms with Crippen LogP contribution in [0.25, 0.3) is 0 Å². The average Bonchev–Trinajstić information content (AvgIpc) is 3.11. The fourth-order valence-electron chi connectivity index (χ4n) is 5.21. The highest BCUT2D eigenvalue weighted by molar-refractivity contribution is 5.87. The van der Waals surface area contributed by atoms with Crippen LogP contribution in [0.2, 0.25) is 0 Å². The summed E-state index contributed by atoms with van der Waals surface area (Å²) in [4.78, 5) is 81.3. The molecule has 17 nitrogen and oxygen atoms in total. The van der Waals surface area contributed by atoms with Crippen LogP contribution in [0.5, 0.6) is 0 Å². The number of nitrogens with one attached hydrogen (secondary N) is 5. The number of carboxylic acid groups (broad SMARTS) is 3. The smallest absolute Gasteiger partial charge is 0.326 e. The summed E-state index contributed by atoms with van der Waals surface area (Å²) in [7, 11) is 1.56. The molecule has 0 aromatic heterocycles. The molecule has 0 rings (SSSR count). The van der Waals surface area contributed by atoms with E-state index >= 15 is 0 Å². The van der Waals surface area contributed by atoms with Crippen LogP contribution in [0.4, 0.5) is 0 Å². The van der Waals surface area contributed by atoms with E-state index in [1.54, 1.807) is 7.05 Å². The van der Waals surface area contributed by atoms with Crippen LogP contribution in [0.15, 0.2) is 0 Å². The summed E-state index contributed by atoms with van der Waals surface area (Å²) in [6.45, 7) is 2.16. The van der Waals surface area contributed by atoms with Crippen LogP contribution < -0.4 is 26.6 Å². The maximum Gasteiger partial charge on any atom is 0.326 e. The Kier molecular flexibility index (Phi) is 31.5. The van der Waals surface area contributed by atoms with Gasteiger partial charge in [0.1, 0.15) is 12.1 Å². The van der Waals surface area contributed by atoms with E-state index in [0.29, 0.717) is 58.6 Å². The molecule has 0 radical (unpaired) electrons. The molecule has 0 saturated carbocycles. The molecule has 0 aliphatic carbocycles. The lowest BCUT2D eigenvalue weighted by atomic mass is 10.1. The van der Waals surface area contributed by atoms with Gasteiger partial charge < -0.3 is 51.4 Å². The van der Waals surface area contributed by atoms with Crippen molar-refractivity contribution < 1.29 is 58.4 Å². The molecule has 0 saturated heterocycles. The quantitative estimate of drug-likeness (QED) is 0.0423. The third-order valence-electron chi connectivity index (χ3n) is 8.31. The summed E-state index contributed by atoms with van der Waals surface area (Å²) in [5.41, 5.74) is 0. The van der Waals surface area contributed by atoms with Crippen LogP contribution in [0, 0.1) is 0 Å². The largest absolute Gasteiger partial charge is 0.481 e. The fraction of sp³-hybridized carbons (Fsp3) is 0.806. The number of unbranched alkanes of at least 4 members (excludes halogenated alkanes) is 10. The molecule has 2 atom stereocenters. The zero-order chi connectivity index (χ0) is 39.5. The Morgan fingerprint density at radius 1 is 0.453 bits per heavy atom. The van der Waals surface area contributed by atoms with Crippen molar-refractivity contribution in [2.75, 3.05) is 53.1 Å². The number of hydrogen-bond donors (Lipinski definition) is 8. The van der Waals surface area contributed by atoms with Gasteiger partial charge in [-0.3, -0.25) is 28.8 Å². The van der Waals surface area contributed by atoms with Gasteiger partial charge in [0.15, 0.2) is 0 Å². The molecular formula is C36H65N5O12. The van der Waals surface area contributed by atoms with E-state index in [-0.39, 0.29) is 57.1 Å². The van der Waals surface area contributed by atoms with E-state index in [0.717, 1.165) is 51.4 Å². The van der Waals surface area contributed by atoms with Crippen LogP contribution in [-0.4, -0.2) is 122 Å². The lowest BCUT2D eigenvalue weighted by molar-refractivity contribution is -0.142. The predicted molar refractivity (Wildman–Crippen MR) is 196 cm³/mol. The summed E-state index contributed by atoms with van der Waals surface area (Å²) >= 11 is 0. The highest BCUT2D eigenvalue weighted by Crippen LogP contribution is 2.12. The first kappa shape index (κ1) is 49.2. The highest BCUT2D eigenvalue weighted by atomic mass is 16.5. The van der Waals surface area contributed by atoms with Gasteiger partial charge in [-0.25, -0.2) is 4.79 Å². The minimum absolute atomic E-state index is 0.00438. The number of hydrogen-bond acceptors (Lipinski definition) is 10. The SMILES string of the molecule is CN[C@@H](CCCCNC(=O)CC[C@H](NC(=O)CCC(=O)NCCOCCOCCNC(=O)CCCCCCCCCCCCC(=O)O)C(=O)O)C(=O)O. The Morgan fingerprint density at radius 2 is 0.906 bits per heavy atom. The fourth-order valence-corrected chi connectivity index (χ4v) is 5.21. The van der Waals surface area contributed by atoms with Crippen molar-refractivity contribution in [1.29, 1.82) is 0 Å². The number of ether oxygens (including phenoxy) is 2. The number of carbonyl (C=O) groups excluding carboxylic acids is 4. The highest BCUT2D eigenvalue weighted by Gasteiger charge is 2.21. The molecule has 0 aromatic carbocycles. The van der Waals surface area contributed by atoms with E-state index in [4.69, 9.17) is 19.7 Å². The molecule has 0 aromatic rings. The average molecular weight is 760 g/mol. The van der Waals surface area contributed by atoms with Gasteiger partial charge in [-0.1, -0.05) is 51.4 Å². The molecule has 0 aliphatic heterocycles. The van der Waals surface area contributed by atoms with E-state index < -0.39 is 41.8 Å². The zero-order valence-corrected chi connectivity index (χ0v) is 31.6. The van der Waals surface area contributed by atoms with Crippen LogP contribution in [0.1, 0.15) is 122 Å².